The topological polar surface area (TPSA) is 67.3 Å². The first-order valence-corrected chi connectivity index (χ1v) is 28.2. The van der Waals surface area contributed by atoms with E-state index in [-0.39, 0.29) is 0 Å². The lowest BCUT2D eigenvalue weighted by molar-refractivity contribution is 0.406. The molecule has 5 nitrogen and oxygen atoms in total. The van der Waals surface area contributed by atoms with E-state index in [4.69, 9.17) is 0 Å². The molecular weight excluding hydrogens is 935 g/mol. The van der Waals surface area contributed by atoms with Gasteiger partial charge in [-0.3, -0.25) is 19.9 Å². The molecule has 0 amide bonds. The van der Waals surface area contributed by atoms with Gasteiger partial charge in [0.05, 0.1) is 16.6 Å². The fourth-order valence-corrected chi connectivity index (χ4v) is 9.09. The SMILES string of the molecule is CC(C)(C)Cc1c[nH]c2ccccc12.CC(C)(C)Cc1ccccn1.CC(C)Cc1ccc2ccccc2n1.CC(C)Cc1ccccc1.CC(C)Cc1ccnc2ccccc12.CC(C)Cc1cnc2ccccc2c1. The van der Waals surface area contributed by atoms with Crippen molar-refractivity contribution in [1.29, 1.82) is 0 Å². The van der Waals surface area contributed by atoms with E-state index in [9.17, 15) is 0 Å². The summed E-state index contributed by atoms with van der Waals surface area (Å²) in [4.78, 5) is 21.0. The Morgan fingerprint density at radius 3 is 1.58 bits per heavy atom. The molecule has 5 heterocycles. The average Bonchev–Trinajstić information content (AvgIpc) is 3.78. The molecule has 10 aromatic rings. The minimum Gasteiger partial charge on any atom is -0.361 e. The van der Waals surface area contributed by atoms with Crippen molar-refractivity contribution in [1.82, 2.24) is 24.9 Å². The summed E-state index contributed by atoms with van der Waals surface area (Å²) in [5.41, 5.74) is 13.2. The molecule has 10 rings (SSSR count). The zero-order chi connectivity index (χ0) is 55.8. The van der Waals surface area contributed by atoms with Gasteiger partial charge in [-0.1, -0.05) is 212 Å². The van der Waals surface area contributed by atoms with Gasteiger partial charge in [-0.15, -0.1) is 0 Å². The summed E-state index contributed by atoms with van der Waals surface area (Å²) in [7, 11) is 0. The molecule has 0 aliphatic carbocycles. The first kappa shape index (κ1) is 60.9. The first-order chi connectivity index (χ1) is 36.7. The molecule has 5 aromatic carbocycles. The van der Waals surface area contributed by atoms with Crippen LogP contribution >= 0.6 is 0 Å². The highest BCUT2D eigenvalue weighted by molar-refractivity contribution is 5.83. The number of pyridine rings is 4. The van der Waals surface area contributed by atoms with Crippen molar-refractivity contribution in [2.24, 2.45) is 34.5 Å². The van der Waals surface area contributed by atoms with Gasteiger partial charge in [0.2, 0.25) is 0 Å². The maximum absolute atomic E-state index is 4.62. The molecule has 5 heteroatoms. The molecule has 0 saturated heterocycles. The summed E-state index contributed by atoms with van der Waals surface area (Å²) in [5.74, 6) is 2.82. The van der Waals surface area contributed by atoms with E-state index in [2.05, 4.69) is 262 Å². The third-order valence-electron chi connectivity index (χ3n) is 12.3. The molecule has 1 N–H and O–H groups in total. The van der Waals surface area contributed by atoms with Crippen molar-refractivity contribution in [2.45, 2.75) is 135 Å². The summed E-state index contributed by atoms with van der Waals surface area (Å²) in [6.07, 6.45) is 14.5. The Labute approximate surface area is 464 Å². The van der Waals surface area contributed by atoms with E-state index in [1.165, 1.54) is 67.1 Å². The Hall–Kier alpha value is -6.98. The Morgan fingerprint density at radius 1 is 0.390 bits per heavy atom. The van der Waals surface area contributed by atoms with Crippen molar-refractivity contribution in [3.8, 4) is 0 Å². The van der Waals surface area contributed by atoms with E-state index < -0.39 is 0 Å². The van der Waals surface area contributed by atoms with Crippen LogP contribution in [0, 0.1) is 34.5 Å². The number of para-hydroxylation sites is 4. The molecule has 0 bridgehead atoms. The second-order valence-electron chi connectivity index (χ2n) is 24.6. The van der Waals surface area contributed by atoms with Crippen molar-refractivity contribution < 1.29 is 0 Å². The lowest BCUT2D eigenvalue weighted by Gasteiger charge is -2.17. The third kappa shape index (κ3) is 23.0. The summed E-state index contributed by atoms with van der Waals surface area (Å²) < 4.78 is 0. The number of fused-ring (bicyclic) bond motifs is 4. The highest BCUT2D eigenvalue weighted by Crippen LogP contribution is 2.26. The van der Waals surface area contributed by atoms with E-state index in [1.807, 2.05) is 55.0 Å². The number of nitrogens with zero attached hydrogens (tertiary/aromatic N) is 4. The van der Waals surface area contributed by atoms with Gasteiger partial charge in [-0.25, -0.2) is 0 Å². The number of hydrogen-bond acceptors (Lipinski definition) is 4. The summed E-state index contributed by atoms with van der Waals surface area (Å²) >= 11 is 0. The van der Waals surface area contributed by atoms with Crippen LogP contribution in [0.5, 0.6) is 0 Å². The monoisotopic (exact) mass is 1030 g/mol. The van der Waals surface area contributed by atoms with Crippen LogP contribution in [-0.4, -0.2) is 24.9 Å². The molecule has 404 valence electrons. The van der Waals surface area contributed by atoms with E-state index in [0.717, 1.165) is 54.6 Å². The molecule has 0 aliphatic rings. The highest BCUT2D eigenvalue weighted by atomic mass is 14.7. The molecular formula is C72H91N5. The molecule has 0 aliphatic heterocycles. The lowest BCUT2D eigenvalue weighted by atomic mass is 9.88. The molecule has 0 spiro atoms. The number of aromatic nitrogens is 5. The summed E-state index contributed by atoms with van der Waals surface area (Å²) in [6, 6.07) is 58.6. The lowest BCUT2D eigenvalue weighted by Crippen LogP contribution is -2.09. The third-order valence-corrected chi connectivity index (χ3v) is 12.3. The minimum absolute atomic E-state index is 0.342. The fourth-order valence-electron chi connectivity index (χ4n) is 9.09. The molecule has 77 heavy (non-hydrogen) atoms. The van der Waals surface area contributed by atoms with Crippen LogP contribution in [0.2, 0.25) is 0 Å². The predicted molar refractivity (Wildman–Crippen MR) is 335 cm³/mol. The maximum Gasteiger partial charge on any atom is 0.0705 e. The van der Waals surface area contributed by atoms with Crippen LogP contribution in [0.1, 0.15) is 131 Å². The van der Waals surface area contributed by atoms with Gasteiger partial charge in [0.15, 0.2) is 0 Å². The van der Waals surface area contributed by atoms with Gasteiger partial charge >= 0.3 is 0 Å². The number of H-pyrrole nitrogens is 1. The van der Waals surface area contributed by atoms with E-state index in [1.54, 1.807) is 0 Å². The number of aromatic amines is 1. The van der Waals surface area contributed by atoms with Gasteiger partial charge in [0.1, 0.15) is 0 Å². The number of nitrogens with one attached hydrogen (secondary N) is 1. The maximum atomic E-state index is 4.62. The van der Waals surface area contributed by atoms with Crippen LogP contribution in [0.4, 0.5) is 0 Å². The number of hydrogen-bond donors (Lipinski definition) is 1. The fraction of sp³-hybridized carbons (Fsp3) is 0.361. The molecule has 0 radical (unpaired) electrons. The van der Waals surface area contributed by atoms with Gasteiger partial charge < -0.3 is 4.98 Å². The van der Waals surface area contributed by atoms with Crippen LogP contribution in [-0.2, 0) is 38.5 Å². The van der Waals surface area contributed by atoms with Gasteiger partial charge in [-0.2, -0.15) is 0 Å². The Bertz CT molecular complexity index is 3130. The number of rotatable bonds is 10. The number of benzene rings is 5. The minimum atomic E-state index is 0.342. The standard InChI is InChI=1S/C13H17N.3C13H15N.C10H15N.C10H14/c1-13(2,3)8-10-9-14-12-7-5-4-6-11(10)12;1-10(2)7-11-8-12-5-3-4-6-13(12)14-9-11;1-10(2)9-11-7-8-14-13-6-4-3-5-12(11)13;1-10(2)9-12-8-7-11-5-3-4-6-13(11)14-12;1-10(2,3)8-9-6-4-5-7-11-9;1-9(2)8-10-6-4-3-5-7-10/h4-7,9,14H,8H2,1-3H3;3-6,8-10H,7H2,1-2H3;2*3-8,10H,9H2,1-2H3;4-7H,8H2,1-3H3;3-7,9H,8H2,1-2H3. The zero-order valence-electron chi connectivity index (χ0n) is 49.3. The van der Waals surface area contributed by atoms with Crippen LogP contribution in [0.25, 0.3) is 43.6 Å². The molecule has 0 fully saturated rings. The van der Waals surface area contributed by atoms with Crippen LogP contribution < -0.4 is 0 Å². The van der Waals surface area contributed by atoms with Crippen molar-refractivity contribution in [2.75, 3.05) is 0 Å². The average molecular weight is 1030 g/mol. The molecule has 0 unspecified atom stereocenters. The molecule has 0 saturated carbocycles. The normalized spacial score (nSPS) is 11.2. The quantitative estimate of drug-likeness (QED) is 0.148. The van der Waals surface area contributed by atoms with Crippen molar-refractivity contribution in [3.63, 3.8) is 0 Å². The second-order valence-corrected chi connectivity index (χ2v) is 24.6. The Balaban J connectivity index is 0.000000171. The van der Waals surface area contributed by atoms with Gasteiger partial charge in [-0.05, 0) is 150 Å². The largest absolute Gasteiger partial charge is 0.361 e. The van der Waals surface area contributed by atoms with Crippen molar-refractivity contribution >= 4 is 43.6 Å². The van der Waals surface area contributed by atoms with E-state index in [0.29, 0.717) is 28.6 Å². The molecule has 0 atom stereocenters. The molecule has 5 aromatic heterocycles. The van der Waals surface area contributed by atoms with Crippen LogP contribution in [0.15, 0.2) is 195 Å². The Kier molecular flexibility index (Phi) is 24.3. The van der Waals surface area contributed by atoms with Gasteiger partial charge in [0, 0.05) is 63.2 Å². The second kappa shape index (κ2) is 30.7. The van der Waals surface area contributed by atoms with Crippen molar-refractivity contribution in [3.05, 3.63) is 228 Å². The van der Waals surface area contributed by atoms with Gasteiger partial charge in [0.25, 0.3) is 0 Å². The Morgan fingerprint density at radius 2 is 0.948 bits per heavy atom. The van der Waals surface area contributed by atoms with E-state index >= 15 is 0 Å². The zero-order valence-corrected chi connectivity index (χ0v) is 49.3. The summed E-state index contributed by atoms with van der Waals surface area (Å²) in [5, 5.41) is 5.12. The van der Waals surface area contributed by atoms with Crippen LogP contribution in [0.3, 0.4) is 0 Å². The summed E-state index contributed by atoms with van der Waals surface area (Å²) in [6.45, 7) is 31.4. The first-order valence-electron chi connectivity index (χ1n) is 28.2. The predicted octanol–water partition coefficient (Wildman–Crippen LogP) is 19.6. The highest BCUT2D eigenvalue weighted by Gasteiger charge is 2.14. The smallest absolute Gasteiger partial charge is 0.0705 e.